The summed E-state index contributed by atoms with van der Waals surface area (Å²) in [4.78, 5) is 15.8. The quantitative estimate of drug-likeness (QED) is 0.834. The van der Waals surface area contributed by atoms with Crippen molar-refractivity contribution in [1.82, 2.24) is 4.98 Å². The van der Waals surface area contributed by atoms with Gasteiger partial charge in [0.2, 0.25) is 0 Å². The summed E-state index contributed by atoms with van der Waals surface area (Å²) in [7, 11) is 1.63. The number of aromatic carboxylic acids is 1. The highest BCUT2D eigenvalue weighted by Gasteiger charge is 2.19. The molecule has 0 radical (unpaired) electrons. The maximum absolute atomic E-state index is 11.0. The van der Waals surface area contributed by atoms with E-state index in [1.54, 1.807) is 7.11 Å². The highest BCUT2D eigenvalue weighted by Crippen LogP contribution is 2.26. The Labute approximate surface area is 99.3 Å². The maximum Gasteiger partial charge on any atom is 0.347 e. The Morgan fingerprint density at radius 1 is 1.62 bits per heavy atom. The number of nitrogens with zero attached hydrogens (tertiary/aromatic N) is 1. The summed E-state index contributed by atoms with van der Waals surface area (Å²) in [6, 6.07) is 0. The van der Waals surface area contributed by atoms with Crippen molar-refractivity contribution in [3.05, 3.63) is 15.6 Å². The van der Waals surface area contributed by atoms with Gasteiger partial charge in [-0.3, -0.25) is 0 Å². The Morgan fingerprint density at radius 3 is 2.81 bits per heavy atom. The summed E-state index contributed by atoms with van der Waals surface area (Å²) >= 11 is 1.26. The van der Waals surface area contributed by atoms with Gasteiger partial charge in [-0.1, -0.05) is 20.3 Å². The molecule has 0 amide bonds. The molecule has 1 unspecified atom stereocenters. The van der Waals surface area contributed by atoms with E-state index in [4.69, 9.17) is 9.84 Å². The second-order valence-corrected chi connectivity index (χ2v) is 4.77. The van der Waals surface area contributed by atoms with E-state index in [9.17, 15) is 4.79 Å². The van der Waals surface area contributed by atoms with Crippen LogP contribution >= 0.6 is 11.3 Å². The fraction of sp³-hybridized carbons (Fsp3) is 0.636. The lowest BCUT2D eigenvalue weighted by molar-refractivity contribution is 0.0700. The maximum atomic E-state index is 11.0. The second-order valence-electron chi connectivity index (χ2n) is 3.74. The topological polar surface area (TPSA) is 59.4 Å². The SMILES string of the molecule is CCCc1nc(C(C)COC)sc1C(=O)O. The first-order valence-electron chi connectivity index (χ1n) is 5.32. The lowest BCUT2D eigenvalue weighted by Crippen LogP contribution is -2.01. The highest BCUT2D eigenvalue weighted by atomic mass is 32.1. The van der Waals surface area contributed by atoms with Crippen LogP contribution in [0.1, 0.15) is 46.6 Å². The fourth-order valence-corrected chi connectivity index (χ4v) is 2.46. The molecule has 0 aliphatic rings. The molecule has 0 saturated heterocycles. The molecule has 0 aliphatic carbocycles. The van der Waals surface area contributed by atoms with Crippen molar-refractivity contribution in [2.24, 2.45) is 0 Å². The fourth-order valence-electron chi connectivity index (χ4n) is 1.48. The number of aromatic nitrogens is 1. The molecule has 0 spiro atoms. The molecule has 1 aromatic heterocycles. The van der Waals surface area contributed by atoms with E-state index < -0.39 is 5.97 Å². The minimum atomic E-state index is -0.878. The zero-order valence-electron chi connectivity index (χ0n) is 9.82. The molecular weight excluding hydrogens is 226 g/mol. The summed E-state index contributed by atoms with van der Waals surface area (Å²) < 4.78 is 5.05. The molecule has 0 bridgehead atoms. The first-order chi connectivity index (χ1) is 7.60. The van der Waals surface area contributed by atoms with E-state index >= 15 is 0 Å². The second kappa shape index (κ2) is 5.96. The smallest absolute Gasteiger partial charge is 0.347 e. The lowest BCUT2D eigenvalue weighted by Gasteiger charge is -2.04. The van der Waals surface area contributed by atoms with E-state index in [-0.39, 0.29) is 5.92 Å². The first-order valence-corrected chi connectivity index (χ1v) is 6.13. The molecule has 90 valence electrons. The van der Waals surface area contributed by atoms with Gasteiger partial charge in [0.05, 0.1) is 17.3 Å². The molecule has 1 aromatic rings. The van der Waals surface area contributed by atoms with Gasteiger partial charge in [-0.05, 0) is 6.42 Å². The zero-order chi connectivity index (χ0) is 12.1. The Bertz CT molecular complexity index is 362. The van der Waals surface area contributed by atoms with E-state index in [0.717, 1.165) is 17.8 Å². The van der Waals surface area contributed by atoms with Crippen LogP contribution in [0.15, 0.2) is 0 Å². The first kappa shape index (κ1) is 13.1. The molecule has 4 nitrogen and oxygen atoms in total. The van der Waals surface area contributed by atoms with Crippen molar-refractivity contribution in [2.75, 3.05) is 13.7 Å². The van der Waals surface area contributed by atoms with Gasteiger partial charge in [0, 0.05) is 13.0 Å². The third-order valence-electron chi connectivity index (χ3n) is 2.23. The van der Waals surface area contributed by atoms with Gasteiger partial charge < -0.3 is 9.84 Å². The minimum absolute atomic E-state index is 0.152. The van der Waals surface area contributed by atoms with Crippen LogP contribution in [0.25, 0.3) is 0 Å². The summed E-state index contributed by atoms with van der Waals surface area (Å²) in [5.74, 6) is -0.726. The predicted octanol–water partition coefficient (Wildman–Crippen LogP) is 2.54. The molecular formula is C11H17NO3S. The summed E-state index contributed by atoms with van der Waals surface area (Å²) in [5.41, 5.74) is 0.706. The van der Waals surface area contributed by atoms with Crippen LogP contribution in [-0.2, 0) is 11.2 Å². The Hall–Kier alpha value is -0.940. The van der Waals surface area contributed by atoms with Gasteiger partial charge in [-0.25, -0.2) is 9.78 Å². The number of carbonyl (C=O) groups is 1. The van der Waals surface area contributed by atoms with Gasteiger partial charge in [-0.15, -0.1) is 11.3 Å². The van der Waals surface area contributed by atoms with Crippen LogP contribution in [0, 0.1) is 0 Å². The standard InChI is InChI=1S/C11H17NO3S/c1-4-5-8-9(11(13)14)16-10(12-8)7(2)6-15-3/h7H,4-6H2,1-3H3,(H,13,14). The van der Waals surface area contributed by atoms with Crippen molar-refractivity contribution >= 4 is 17.3 Å². The van der Waals surface area contributed by atoms with Gasteiger partial charge >= 0.3 is 5.97 Å². The number of thiazole rings is 1. The molecule has 0 saturated carbocycles. The van der Waals surface area contributed by atoms with Crippen LogP contribution in [0.4, 0.5) is 0 Å². The van der Waals surface area contributed by atoms with Gasteiger partial charge in [0.25, 0.3) is 0 Å². The zero-order valence-corrected chi connectivity index (χ0v) is 10.6. The Kier molecular flexibility index (Phi) is 4.89. The summed E-state index contributed by atoms with van der Waals surface area (Å²) in [6.45, 7) is 4.57. The number of hydrogen-bond donors (Lipinski definition) is 1. The Balaban J connectivity index is 2.96. The van der Waals surface area contributed by atoms with E-state index in [1.165, 1.54) is 11.3 Å². The average molecular weight is 243 g/mol. The molecule has 5 heteroatoms. The van der Waals surface area contributed by atoms with Gasteiger partial charge in [0.15, 0.2) is 0 Å². The molecule has 16 heavy (non-hydrogen) atoms. The normalized spacial score (nSPS) is 12.7. The Morgan fingerprint density at radius 2 is 2.31 bits per heavy atom. The van der Waals surface area contributed by atoms with Crippen LogP contribution in [0.3, 0.4) is 0 Å². The molecule has 0 aromatic carbocycles. The van der Waals surface area contributed by atoms with Crippen LogP contribution in [0.2, 0.25) is 0 Å². The van der Waals surface area contributed by atoms with Crippen LogP contribution in [-0.4, -0.2) is 29.8 Å². The number of aryl methyl sites for hydroxylation is 1. The van der Waals surface area contributed by atoms with E-state index in [1.807, 2.05) is 13.8 Å². The molecule has 0 aliphatic heterocycles. The summed E-state index contributed by atoms with van der Waals surface area (Å²) in [5, 5.41) is 9.91. The van der Waals surface area contributed by atoms with Crippen molar-refractivity contribution in [3.8, 4) is 0 Å². The molecule has 1 rings (SSSR count). The average Bonchev–Trinajstić information content (AvgIpc) is 2.63. The van der Waals surface area contributed by atoms with Crippen molar-refractivity contribution in [3.63, 3.8) is 0 Å². The number of methoxy groups -OCH3 is 1. The number of carboxylic acid groups (broad SMARTS) is 1. The summed E-state index contributed by atoms with van der Waals surface area (Å²) in [6.07, 6.45) is 1.62. The van der Waals surface area contributed by atoms with Gasteiger partial charge in [-0.2, -0.15) is 0 Å². The lowest BCUT2D eigenvalue weighted by atomic mass is 10.2. The number of carboxylic acids is 1. The number of ether oxygens (including phenoxy) is 1. The van der Waals surface area contributed by atoms with Crippen LogP contribution < -0.4 is 0 Å². The van der Waals surface area contributed by atoms with E-state index in [2.05, 4.69) is 4.98 Å². The van der Waals surface area contributed by atoms with Gasteiger partial charge in [0.1, 0.15) is 4.88 Å². The number of rotatable bonds is 6. The molecule has 0 fully saturated rings. The molecule has 1 atom stereocenters. The van der Waals surface area contributed by atoms with E-state index in [0.29, 0.717) is 17.2 Å². The third kappa shape index (κ3) is 3.02. The minimum Gasteiger partial charge on any atom is -0.477 e. The van der Waals surface area contributed by atoms with Crippen molar-refractivity contribution in [2.45, 2.75) is 32.6 Å². The predicted molar refractivity (Wildman–Crippen MR) is 63.4 cm³/mol. The number of hydrogen-bond acceptors (Lipinski definition) is 4. The largest absolute Gasteiger partial charge is 0.477 e. The molecule has 1 N–H and O–H groups in total. The van der Waals surface area contributed by atoms with Crippen LogP contribution in [0.5, 0.6) is 0 Å². The van der Waals surface area contributed by atoms with Crippen molar-refractivity contribution in [1.29, 1.82) is 0 Å². The third-order valence-corrected chi connectivity index (χ3v) is 3.55. The monoisotopic (exact) mass is 243 g/mol. The van der Waals surface area contributed by atoms with Crippen molar-refractivity contribution < 1.29 is 14.6 Å². The molecule has 1 heterocycles. The highest BCUT2D eigenvalue weighted by molar-refractivity contribution is 7.13.